The molecule has 0 aliphatic rings. The summed E-state index contributed by atoms with van der Waals surface area (Å²) in [5, 5.41) is 6.82. The van der Waals surface area contributed by atoms with E-state index in [2.05, 4.69) is 26.6 Å². The second-order valence-corrected chi connectivity index (χ2v) is 6.35. The number of carbonyl (C=O) groups excluding carboxylic acids is 2. The van der Waals surface area contributed by atoms with Crippen molar-refractivity contribution in [2.45, 2.75) is 12.5 Å². The number of thiophene rings is 1. The molecule has 1 aromatic carbocycles. The fourth-order valence-corrected chi connectivity index (χ4v) is 2.97. The van der Waals surface area contributed by atoms with Crippen molar-refractivity contribution in [1.82, 2.24) is 5.32 Å². The summed E-state index contributed by atoms with van der Waals surface area (Å²) in [6.07, 6.45) is -0.0427. The topological polar surface area (TPSA) is 84.2 Å². The highest BCUT2D eigenvalue weighted by Gasteiger charge is 2.19. The van der Waals surface area contributed by atoms with Crippen LogP contribution in [0.3, 0.4) is 0 Å². The summed E-state index contributed by atoms with van der Waals surface area (Å²) in [5.74, 6) is -0.966. The summed E-state index contributed by atoms with van der Waals surface area (Å²) in [6, 6.07) is 6.67. The maximum Gasteiger partial charge on any atom is 0.312 e. The average Bonchev–Trinajstić information content (AvgIpc) is 2.95. The smallest absolute Gasteiger partial charge is 0.312 e. The van der Waals surface area contributed by atoms with E-state index in [1.165, 1.54) is 23.5 Å². The number of nitrogens with one attached hydrogen (secondary N) is 2. The molecule has 2 aromatic rings. The lowest BCUT2D eigenvalue weighted by molar-refractivity contribution is -0.116. The van der Waals surface area contributed by atoms with Crippen molar-refractivity contribution in [2.75, 3.05) is 5.32 Å². The van der Waals surface area contributed by atoms with Gasteiger partial charge in [0.2, 0.25) is 5.91 Å². The van der Waals surface area contributed by atoms with Gasteiger partial charge in [-0.05, 0) is 29.6 Å². The Morgan fingerprint density at radius 1 is 1.36 bits per heavy atom. The lowest BCUT2D eigenvalue weighted by atomic mass is 10.1. The third kappa shape index (κ3) is 4.54. The highest BCUT2D eigenvalue weighted by molar-refractivity contribution is 9.10. The number of carbonyl (C=O) groups is 2. The highest BCUT2D eigenvalue weighted by Crippen LogP contribution is 2.24. The molecule has 5 nitrogen and oxygen atoms in total. The van der Waals surface area contributed by atoms with Crippen molar-refractivity contribution in [3.8, 4) is 0 Å². The van der Waals surface area contributed by atoms with Gasteiger partial charge in [0.05, 0.1) is 18.2 Å². The summed E-state index contributed by atoms with van der Waals surface area (Å²) in [4.78, 5) is 23.9. The predicted molar refractivity (Wildman–Crippen MR) is 87.1 cm³/mol. The third-order valence-electron chi connectivity index (χ3n) is 2.80. The molecule has 3 amide bonds. The molecule has 0 aliphatic carbocycles. The standard InChI is InChI=1S/C14H13BrFN3O2S/c15-8-3-4-10(9(16)6-8)18-13(20)7-11(19-14(17)21)12-2-1-5-22-12/h1-6,11H,7H2,(H,18,20)(H3,17,19,21). The summed E-state index contributed by atoms with van der Waals surface area (Å²) in [5.41, 5.74) is 5.21. The van der Waals surface area contributed by atoms with Crippen LogP contribution in [0, 0.1) is 5.82 Å². The molecule has 116 valence electrons. The maximum absolute atomic E-state index is 13.7. The van der Waals surface area contributed by atoms with Crippen LogP contribution in [-0.2, 0) is 4.79 Å². The number of halogens is 2. The Labute approximate surface area is 138 Å². The summed E-state index contributed by atoms with van der Waals surface area (Å²) < 4.78 is 14.3. The molecule has 1 aromatic heterocycles. The molecule has 0 aliphatic heterocycles. The van der Waals surface area contributed by atoms with E-state index in [9.17, 15) is 14.0 Å². The summed E-state index contributed by atoms with van der Waals surface area (Å²) in [7, 11) is 0. The normalized spacial score (nSPS) is 11.7. The lowest BCUT2D eigenvalue weighted by Gasteiger charge is -2.16. The Kier molecular flexibility index (Phi) is 5.51. The fourth-order valence-electron chi connectivity index (χ4n) is 1.86. The molecule has 0 spiro atoms. The van der Waals surface area contributed by atoms with Crippen LogP contribution in [-0.4, -0.2) is 11.9 Å². The van der Waals surface area contributed by atoms with E-state index in [1.54, 1.807) is 12.1 Å². The van der Waals surface area contributed by atoms with Gasteiger partial charge < -0.3 is 16.4 Å². The van der Waals surface area contributed by atoms with Gasteiger partial charge in [0, 0.05) is 9.35 Å². The summed E-state index contributed by atoms with van der Waals surface area (Å²) in [6.45, 7) is 0. The molecule has 0 bridgehead atoms. The third-order valence-corrected chi connectivity index (χ3v) is 4.28. The largest absolute Gasteiger partial charge is 0.352 e. The number of nitrogens with two attached hydrogens (primary N) is 1. The number of benzene rings is 1. The van der Waals surface area contributed by atoms with Gasteiger partial charge in [0.15, 0.2) is 0 Å². The molecule has 0 radical (unpaired) electrons. The van der Waals surface area contributed by atoms with Gasteiger partial charge in [-0.2, -0.15) is 0 Å². The van der Waals surface area contributed by atoms with Crippen molar-refractivity contribution in [1.29, 1.82) is 0 Å². The Balaban J connectivity index is 2.06. The molecule has 0 saturated carbocycles. The van der Waals surface area contributed by atoms with Crippen molar-refractivity contribution >= 4 is 44.9 Å². The van der Waals surface area contributed by atoms with E-state index in [0.29, 0.717) is 4.47 Å². The SMILES string of the molecule is NC(=O)NC(CC(=O)Nc1ccc(Br)cc1F)c1cccs1. The Hall–Kier alpha value is -1.93. The van der Waals surface area contributed by atoms with E-state index in [1.807, 2.05) is 11.4 Å². The molecule has 1 heterocycles. The van der Waals surface area contributed by atoms with Crippen LogP contribution in [0.4, 0.5) is 14.9 Å². The highest BCUT2D eigenvalue weighted by atomic mass is 79.9. The van der Waals surface area contributed by atoms with E-state index in [4.69, 9.17) is 5.73 Å². The first kappa shape index (κ1) is 16.4. The van der Waals surface area contributed by atoms with Crippen molar-refractivity contribution in [2.24, 2.45) is 5.73 Å². The molecular formula is C14H13BrFN3O2S. The number of primary amides is 1. The number of anilines is 1. The molecule has 2 rings (SSSR count). The zero-order valence-corrected chi connectivity index (χ0v) is 13.7. The van der Waals surface area contributed by atoms with Gasteiger partial charge in [-0.1, -0.05) is 22.0 Å². The van der Waals surface area contributed by atoms with Crippen molar-refractivity contribution in [3.05, 3.63) is 50.9 Å². The van der Waals surface area contributed by atoms with Crippen LogP contribution in [0.1, 0.15) is 17.3 Å². The van der Waals surface area contributed by atoms with Crippen molar-refractivity contribution in [3.63, 3.8) is 0 Å². The minimum Gasteiger partial charge on any atom is -0.352 e. The number of rotatable bonds is 5. The molecule has 22 heavy (non-hydrogen) atoms. The van der Waals surface area contributed by atoms with Gasteiger partial charge in [0.25, 0.3) is 0 Å². The number of amides is 3. The molecular weight excluding hydrogens is 373 g/mol. The number of hydrogen-bond acceptors (Lipinski definition) is 3. The Bertz CT molecular complexity index is 679. The lowest BCUT2D eigenvalue weighted by Crippen LogP contribution is -2.34. The van der Waals surface area contributed by atoms with E-state index in [-0.39, 0.29) is 12.1 Å². The number of hydrogen-bond donors (Lipinski definition) is 3. The monoisotopic (exact) mass is 385 g/mol. The van der Waals surface area contributed by atoms with Crippen molar-refractivity contribution < 1.29 is 14.0 Å². The first-order valence-corrected chi connectivity index (χ1v) is 7.97. The van der Waals surface area contributed by atoms with Gasteiger partial charge >= 0.3 is 6.03 Å². The Morgan fingerprint density at radius 3 is 2.73 bits per heavy atom. The van der Waals surface area contributed by atoms with Crippen LogP contribution >= 0.6 is 27.3 Å². The van der Waals surface area contributed by atoms with E-state index in [0.717, 1.165) is 4.88 Å². The van der Waals surface area contributed by atoms with Gasteiger partial charge in [-0.3, -0.25) is 4.79 Å². The quantitative estimate of drug-likeness (QED) is 0.736. The predicted octanol–water partition coefficient (Wildman–Crippen LogP) is 3.39. The second kappa shape index (κ2) is 7.37. The second-order valence-electron chi connectivity index (χ2n) is 4.45. The Morgan fingerprint density at radius 2 is 2.14 bits per heavy atom. The molecule has 0 fully saturated rings. The van der Waals surface area contributed by atoms with Crippen LogP contribution < -0.4 is 16.4 Å². The zero-order valence-electron chi connectivity index (χ0n) is 11.3. The van der Waals surface area contributed by atoms with Gasteiger partial charge in [-0.15, -0.1) is 11.3 Å². The molecule has 4 N–H and O–H groups in total. The van der Waals surface area contributed by atoms with E-state index < -0.39 is 23.8 Å². The van der Waals surface area contributed by atoms with Crippen LogP contribution in [0.5, 0.6) is 0 Å². The minimum atomic E-state index is -0.721. The average molecular weight is 386 g/mol. The first-order valence-electron chi connectivity index (χ1n) is 6.30. The maximum atomic E-state index is 13.7. The molecule has 0 saturated heterocycles. The van der Waals surface area contributed by atoms with Crippen LogP contribution in [0.25, 0.3) is 0 Å². The first-order chi connectivity index (χ1) is 10.5. The van der Waals surface area contributed by atoms with Gasteiger partial charge in [-0.25, -0.2) is 9.18 Å². The number of urea groups is 1. The summed E-state index contributed by atoms with van der Waals surface area (Å²) >= 11 is 4.54. The molecule has 1 unspecified atom stereocenters. The minimum absolute atomic E-state index is 0.0427. The molecule has 1 atom stereocenters. The van der Waals surface area contributed by atoms with Gasteiger partial charge in [0.1, 0.15) is 5.82 Å². The fraction of sp³-hybridized carbons (Fsp3) is 0.143. The zero-order chi connectivity index (χ0) is 16.1. The molecule has 8 heteroatoms. The van der Waals surface area contributed by atoms with E-state index >= 15 is 0 Å². The van der Waals surface area contributed by atoms with Crippen LogP contribution in [0.15, 0.2) is 40.2 Å². The van der Waals surface area contributed by atoms with Crippen LogP contribution in [0.2, 0.25) is 0 Å².